The Morgan fingerprint density at radius 3 is 3.06 bits per heavy atom. The number of aromatic amines is 1. The second-order valence-corrected chi connectivity index (χ2v) is 4.37. The van der Waals surface area contributed by atoms with E-state index in [0.29, 0.717) is 6.61 Å². The minimum Gasteiger partial charge on any atom is -0.462 e. The molecule has 2 rings (SSSR count). The summed E-state index contributed by atoms with van der Waals surface area (Å²) >= 11 is 0. The first-order valence-corrected chi connectivity index (χ1v) is 6.26. The highest BCUT2D eigenvalue weighted by Crippen LogP contribution is 2.24. The molecule has 0 aromatic carbocycles. The van der Waals surface area contributed by atoms with Crippen LogP contribution in [0.1, 0.15) is 47.1 Å². The van der Waals surface area contributed by atoms with Crippen molar-refractivity contribution in [2.75, 3.05) is 6.61 Å². The maximum Gasteiger partial charge on any atom is 0.340 e. The van der Waals surface area contributed by atoms with Crippen LogP contribution in [-0.4, -0.2) is 17.6 Å². The number of ether oxygens (including phenoxy) is 1. The van der Waals surface area contributed by atoms with Crippen molar-refractivity contribution in [3.8, 4) is 0 Å². The molecule has 1 aliphatic carbocycles. The summed E-state index contributed by atoms with van der Waals surface area (Å²) < 4.78 is 5.12. The highest BCUT2D eigenvalue weighted by atomic mass is 16.5. The predicted molar refractivity (Wildman–Crippen MR) is 67.3 cm³/mol. The Hall–Kier alpha value is -1.51. The minimum absolute atomic E-state index is 0.198. The normalized spacial score (nSPS) is 16.8. The summed E-state index contributed by atoms with van der Waals surface area (Å²) in [4.78, 5) is 15.3. The van der Waals surface area contributed by atoms with Gasteiger partial charge < -0.3 is 9.72 Å². The van der Waals surface area contributed by atoms with E-state index in [1.807, 2.05) is 13.8 Å². The predicted octanol–water partition coefficient (Wildman–Crippen LogP) is 2.93. The molecule has 3 nitrogen and oxygen atoms in total. The Morgan fingerprint density at radius 1 is 1.47 bits per heavy atom. The summed E-state index contributed by atoms with van der Waals surface area (Å²) in [5.41, 5.74) is 4.00. The summed E-state index contributed by atoms with van der Waals surface area (Å²) in [5, 5.41) is 0. The summed E-state index contributed by atoms with van der Waals surface area (Å²) in [6.45, 7) is 4.21. The number of aromatic nitrogens is 1. The van der Waals surface area contributed by atoms with Crippen molar-refractivity contribution >= 4 is 5.97 Å². The molecule has 0 spiro atoms. The average Bonchev–Trinajstić information content (AvgIpc) is 2.55. The van der Waals surface area contributed by atoms with Crippen LogP contribution in [0.2, 0.25) is 0 Å². The van der Waals surface area contributed by atoms with Gasteiger partial charge >= 0.3 is 5.97 Å². The number of nitrogens with one attached hydrogen (secondary N) is 1. The van der Waals surface area contributed by atoms with E-state index in [9.17, 15) is 4.79 Å². The molecule has 0 saturated carbocycles. The highest BCUT2D eigenvalue weighted by molar-refractivity contribution is 5.93. The van der Waals surface area contributed by atoms with E-state index < -0.39 is 0 Å². The molecule has 0 amide bonds. The number of allylic oxidation sites excluding steroid dienone is 2. The number of aryl methyl sites for hydroxylation is 2. The van der Waals surface area contributed by atoms with Gasteiger partial charge in [-0.05, 0) is 45.1 Å². The largest absolute Gasteiger partial charge is 0.462 e. The van der Waals surface area contributed by atoms with Gasteiger partial charge in [0.15, 0.2) is 0 Å². The highest BCUT2D eigenvalue weighted by Gasteiger charge is 2.21. The molecular weight excluding hydrogens is 214 g/mol. The minimum atomic E-state index is -0.198. The number of hydrogen-bond donors (Lipinski definition) is 1. The van der Waals surface area contributed by atoms with Crippen molar-refractivity contribution in [3.05, 3.63) is 34.7 Å². The van der Waals surface area contributed by atoms with E-state index in [-0.39, 0.29) is 5.97 Å². The van der Waals surface area contributed by atoms with Crippen molar-refractivity contribution in [2.45, 2.75) is 39.5 Å². The van der Waals surface area contributed by atoms with Gasteiger partial charge in [-0.1, -0.05) is 12.2 Å². The second-order valence-electron chi connectivity index (χ2n) is 4.37. The van der Waals surface area contributed by atoms with Gasteiger partial charge in [-0.2, -0.15) is 0 Å². The molecule has 1 N–H and O–H groups in total. The number of carbonyl (C=O) groups is 1. The van der Waals surface area contributed by atoms with Crippen LogP contribution in [0.3, 0.4) is 0 Å². The van der Waals surface area contributed by atoms with Crippen LogP contribution in [0.5, 0.6) is 0 Å². The summed E-state index contributed by atoms with van der Waals surface area (Å²) in [6.07, 6.45) is 8.43. The lowest BCUT2D eigenvalue weighted by molar-refractivity contribution is 0.0524. The average molecular weight is 233 g/mol. The summed E-state index contributed by atoms with van der Waals surface area (Å²) in [6, 6.07) is 0. The monoisotopic (exact) mass is 233 g/mol. The standard InChI is InChI=1S/C14H19NO2/c1-3-17-14(16)13-10(2)15-12-9-7-5-4-6-8-11(12)13/h4,6,15H,3,5,7-9H2,1-2H3/b6-4-. The van der Waals surface area contributed by atoms with Crippen LogP contribution in [0.4, 0.5) is 0 Å². The lowest BCUT2D eigenvalue weighted by atomic mass is 9.99. The number of fused-ring (bicyclic) bond motifs is 1. The molecule has 0 aliphatic heterocycles. The fourth-order valence-electron chi connectivity index (χ4n) is 2.38. The first-order valence-electron chi connectivity index (χ1n) is 6.26. The van der Waals surface area contributed by atoms with E-state index in [4.69, 9.17) is 4.74 Å². The third-order valence-electron chi connectivity index (χ3n) is 3.15. The number of H-pyrrole nitrogens is 1. The third-order valence-corrected chi connectivity index (χ3v) is 3.15. The molecule has 17 heavy (non-hydrogen) atoms. The lowest BCUT2D eigenvalue weighted by Gasteiger charge is -2.07. The van der Waals surface area contributed by atoms with Gasteiger partial charge in [-0.3, -0.25) is 0 Å². The van der Waals surface area contributed by atoms with Crippen LogP contribution in [-0.2, 0) is 17.6 Å². The maximum absolute atomic E-state index is 11.9. The van der Waals surface area contributed by atoms with E-state index in [1.165, 1.54) is 5.69 Å². The van der Waals surface area contributed by atoms with Crippen LogP contribution < -0.4 is 0 Å². The Labute approximate surface area is 102 Å². The molecule has 0 bridgehead atoms. The molecule has 3 heteroatoms. The molecule has 0 radical (unpaired) electrons. The van der Waals surface area contributed by atoms with Gasteiger partial charge in [0.2, 0.25) is 0 Å². The molecule has 1 aromatic rings. The molecule has 1 heterocycles. The zero-order valence-electron chi connectivity index (χ0n) is 10.5. The van der Waals surface area contributed by atoms with Gasteiger partial charge in [-0.25, -0.2) is 4.79 Å². The van der Waals surface area contributed by atoms with Crippen LogP contribution in [0.15, 0.2) is 12.2 Å². The fraction of sp³-hybridized carbons (Fsp3) is 0.500. The topological polar surface area (TPSA) is 42.1 Å². The molecule has 0 fully saturated rings. The molecule has 1 aliphatic rings. The smallest absolute Gasteiger partial charge is 0.340 e. The fourth-order valence-corrected chi connectivity index (χ4v) is 2.38. The maximum atomic E-state index is 11.9. The zero-order chi connectivity index (χ0) is 12.3. The molecular formula is C14H19NO2. The first-order chi connectivity index (χ1) is 8.24. The Kier molecular flexibility index (Phi) is 3.67. The van der Waals surface area contributed by atoms with Crippen molar-refractivity contribution in [3.63, 3.8) is 0 Å². The summed E-state index contributed by atoms with van der Waals surface area (Å²) in [7, 11) is 0. The van der Waals surface area contributed by atoms with Crippen molar-refractivity contribution < 1.29 is 9.53 Å². The van der Waals surface area contributed by atoms with Crippen LogP contribution in [0, 0.1) is 6.92 Å². The van der Waals surface area contributed by atoms with Gasteiger partial charge in [0.25, 0.3) is 0 Å². The number of esters is 1. The van der Waals surface area contributed by atoms with E-state index in [0.717, 1.165) is 42.5 Å². The Balaban J connectivity index is 2.38. The van der Waals surface area contributed by atoms with E-state index >= 15 is 0 Å². The van der Waals surface area contributed by atoms with Crippen molar-refractivity contribution in [2.24, 2.45) is 0 Å². The van der Waals surface area contributed by atoms with Gasteiger partial charge in [0, 0.05) is 11.4 Å². The second kappa shape index (κ2) is 5.21. The van der Waals surface area contributed by atoms with E-state index in [1.54, 1.807) is 0 Å². The molecule has 92 valence electrons. The van der Waals surface area contributed by atoms with Gasteiger partial charge in [-0.15, -0.1) is 0 Å². The zero-order valence-corrected chi connectivity index (χ0v) is 10.5. The quantitative estimate of drug-likeness (QED) is 0.630. The molecule has 0 atom stereocenters. The molecule has 1 aromatic heterocycles. The van der Waals surface area contributed by atoms with E-state index in [2.05, 4.69) is 17.1 Å². The van der Waals surface area contributed by atoms with Crippen LogP contribution >= 0.6 is 0 Å². The Bertz CT molecular complexity index is 443. The van der Waals surface area contributed by atoms with Crippen molar-refractivity contribution in [1.29, 1.82) is 0 Å². The lowest BCUT2D eigenvalue weighted by Crippen LogP contribution is -2.08. The van der Waals surface area contributed by atoms with Crippen molar-refractivity contribution in [1.82, 2.24) is 4.98 Å². The number of hydrogen-bond acceptors (Lipinski definition) is 2. The summed E-state index contributed by atoms with van der Waals surface area (Å²) in [5.74, 6) is -0.198. The molecule has 0 saturated heterocycles. The van der Waals surface area contributed by atoms with Gasteiger partial charge in [0.05, 0.1) is 12.2 Å². The number of rotatable bonds is 2. The SMILES string of the molecule is CCOC(=O)c1c(C)[nH]c2c1C/C=C\CCC2. The first kappa shape index (κ1) is 12.0. The van der Waals surface area contributed by atoms with Gasteiger partial charge in [0.1, 0.15) is 0 Å². The number of carbonyl (C=O) groups excluding carboxylic acids is 1. The molecule has 0 unspecified atom stereocenters. The van der Waals surface area contributed by atoms with Crippen LogP contribution in [0.25, 0.3) is 0 Å². The third kappa shape index (κ3) is 2.43. The Morgan fingerprint density at radius 2 is 2.29 bits per heavy atom.